The molecule has 1 aromatic rings. The lowest BCUT2D eigenvalue weighted by molar-refractivity contribution is -0.116. The van der Waals surface area contributed by atoms with Crippen LogP contribution in [0.1, 0.15) is 24.3 Å². The number of hydrogen-bond acceptors (Lipinski definition) is 6. The van der Waals surface area contributed by atoms with Gasteiger partial charge >= 0.3 is 5.97 Å². The lowest BCUT2D eigenvalue weighted by atomic mass is 10.2. The molecule has 104 valence electrons. The van der Waals surface area contributed by atoms with Gasteiger partial charge in [-0.1, -0.05) is 13.8 Å². The van der Waals surface area contributed by atoms with E-state index in [1.165, 1.54) is 19.5 Å². The topological polar surface area (TPSA) is 98.4 Å². The van der Waals surface area contributed by atoms with E-state index in [1.54, 1.807) is 4.90 Å². The first-order valence-corrected chi connectivity index (χ1v) is 5.87. The summed E-state index contributed by atoms with van der Waals surface area (Å²) in [5, 5.41) is 0. The van der Waals surface area contributed by atoms with Crippen LogP contribution >= 0.6 is 0 Å². The van der Waals surface area contributed by atoms with Crippen LogP contribution in [-0.2, 0) is 9.53 Å². The Morgan fingerprint density at radius 1 is 1.42 bits per heavy atom. The lowest BCUT2D eigenvalue weighted by Gasteiger charge is -2.23. The Bertz CT molecular complexity index is 462. The Labute approximate surface area is 111 Å². The predicted octanol–water partition coefficient (Wildman–Crippen LogP) is 0.211. The van der Waals surface area contributed by atoms with Gasteiger partial charge < -0.3 is 15.4 Å². The first kappa shape index (κ1) is 14.9. The number of hydrogen-bond donors (Lipinski definition) is 1. The van der Waals surface area contributed by atoms with Gasteiger partial charge in [0.25, 0.3) is 0 Å². The summed E-state index contributed by atoms with van der Waals surface area (Å²) >= 11 is 0. The first-order chi connectivity index (χ1) is 8.93. The van der Waals surface area contributed by atoms with Crippen LogP contribution in [-0.4, -0.2) is 42.0 Å². The second kappa shape index (κ2) is 6.67. The molecule has 0 aliphatic carbocycles. The smallest absolute Gasteiger partial charge is 0.358 e. The molecule has 1 amide bonds. The van der Waals surface area contributed by atoms with Gasteiger partial charge in [0, 0.05) is 6.54 Å². The maximum absolute atomic E-state index is 11.4. The third-order valence-electron chi connectivity index (χ3n) is 2.27. The Morgan fingerprint density at radius 3 is 2.63 bits per heavy atom. The summed E-state index contributed by atoms with van der Waals surface area (Å²) in [6.07, 6.45) is 2.80. The van der Waals surface area contributed by atoms with E-state index in [0.29, 0.717) is 18.3 Å². The summed E-state index contributed by atoms with van der Waals surface area (Å²) in [4.78, 5) is 32.2. The van der Waals surface area contributed by atoms with Crippen molar-refractivity contribution in [3.8, 4) is 0 Å². The molecule has 0 aromatic carbocycles. The van der Waals surface area contributed by atoms with Crippen LogP contribution < -0.4 is 10.6 Å². The number of ether oxygens (including phenoxy) is 1. The summed E-state index contributed by atoms with van der Waals surface area (Å²) in [5.41, 5.74) is 5.31. The van der Waals surface area contributed by atoms with Crippen molar-refractivity contribution < 1.29 is 14.3 Å². The second-order valence-corrected chi connectivity index (χ2v) is 4.49. The molecule has 0 radical (unpaired) electrons. The fourth-order valence-electron chi connectivity index (χ4n) is 1.58. The number of methoxy groups -OCH3 is 1. The minimum absolute atomic E-state index is 0.0253. The molecule has 0 aliphatic rings. The standard InChI is InChI=1S/C12H18N4O3/c1-8(2)6-16(7-10(13)17)11-5-14-4-9(15-11)12(18)19-3/h4-5,8H,6-7H2,1-3H3,(H2,13,17). The van der Waals surface area contributed by atoms with E-state index in [4.69, 9.17) is 5.73 Å². The maximum atomic E-state index is 11.4. The van der Waals surface area contributed by atoms with Crippen molar-refractivity contribution >= 4 is 17.7 Å². The Kier molecular flexibility index (Phi) is 5.23. The number of esters is 1. The highest BCUT2D eigenvalue weighted by molar-refractivity contribution is 5.87. The molecular weight excluding hydrogens is 248 g/mol. The van der Waals surface area contributed by atoms with E-state index in [2.05, 4.69) is 14.7 Å². The molecule has 1 rings (SSSR count). The fraction of sp³-hybridized carbons (Fsp3) is 0.500. The van der Waals surface area contributed by atoms with Crippen LogP contribution in [0.15, 0.2) is 12.4 Å². The number of rotatable bonds is 6. The van der Waals surface area contributed by atoms with E-state index in [-0.39, 0.29) is 12.2 Å². The van der Waals surface area contributed by atoms with Crippen LogP contribution in [0.2, 0.25) is 0 Å². The molecule has 2 N–H and O–H groups in total. The minimum atomic E-state index is -0.571. The van der Waals surface area contributed by atoms with E-state index in [1.807, 2.05) is 13.8 Å². The molecule has 7 nitrogen and oxygen atoms in total. The Balaban J connectivity index is 3.00. The van der Waals surface area contributed by atoms with Crippen molar-refractivity contribution in [1.82, 2.24) is 9.97 Å². The first-order valence-electron chi connectivity index (χ1n) is 5.87. The highest BCUT2D eigenvalue weighted by Crippen LogP contribution is 2.12. The molecule has 0 bridgehead atoms. The summed E-state index contributed by atoms with van der Waals surface area (Å²) in [7, 11) is 1.27. The minimum Gasteiger partial charge on any atom is -0.464 e. The van der Waals surface area contributed by atoms with Gasteiger partial charge in [-0.3, -0.25) is 9.78 Å². The van der Waals surface area contributed by atoms with Crippen molar-refractivity contribution in [2.24, 2.45) is 11.7 Å². The molecule has 0 unspecified atom stereocenters. The monoisotopic (exact) mass is 266 g/mol. The van der Waals surface area contributed by atoms with Crippen molar-refractivity contribution in [2.75, 3.05) is 25.1 Å². The van der Waals surface area contributed by atoms with Crippen molar-refractivity contribution in [3.63, 3.8) is 0 Å². The van der Waals surface area contributed by atoms with Gasteiger partial charge in [0.2, 0.25) is 5.91 Å². The third kappa shape index (κ3) is 4.53. The van der Waals surface area contributed by atoms with E-state index in [0.717, 1.165) is 0 Å². The summed E-state index contributed by atoms with van der Waals surface area (Å²) in [6.45, 7) is 4.62. The molecular formula is C12H18N4O3. The van der Waals surface area contributed by atoms with E-state index in [9.17, 15) is 9.59 Å². The van der Waals surface area contributed by atoms with Crippen molar-refractivity contribution in [3.05, 3.63) is 18.1 Å². The molecule has 0 fully saturated rings. The molecule has 0 aliphatic heterocycles. The van der Waals surface area contributed by atoms with Gasteiger partial charge in [-0.05, 0) is 5.92 Å². The lowest BCUT2D eigenvalue weighted by Crippen LogP contribution is -2.37. The quantitative estimate of drug-likeness (QED) is 0.739. The molecule has 7 heteroatoms. The SMILES string of the molecule is COC(=O)c1cncc(N(CC(N)=O)CC(C)C)n1. The maximum Gasteiger partial charge on any atom is 0.358 e. The predicted molar refractivity (Wildman–Crippen MR) is 69.6 cm³/mol. The molecule has 0 saturated carbocycles. The van der Waals surface area contributed by atoms with E-state index < -0.39 is 11.9 Å². The molecule has 1 heterocycles. The molecule has 1 aromatic heterocycles. The zero-order valence-electron chi connectivity index (χ0n) is 11.3. The molecule has 0 atom stereocenters. The van der Waals surface area contributed by atoms with Crippen LogP contribution in [0.4, 0.5) is 5.82 Å². The average molecular weight is 266 g/mol. The normalized spacial score (nSPS) is 10.3. The number of aromatic nitrogens is 2. The number of carbonyl (C=O) groups is 2. The Morgan fingerprint density at radius 2 is 2.11 bits per heavy atom. The number of carbonyl (C=O) groups excluding carboxylic acids is 2. The van der Waals surface area contributed by atoms with Crippen LogP contribution in [0, 0.1) is 5.92 Å². The zero-order chi connectivity index (χ0) is 14.4. The number of amides is 1. The largest absolute Gasteiger partial charge is 0.464 e. The van der Waals surface area contributed by atoms with E-state index >= 15 is 0 Å². The van der Waals surface area contributed by atoms with Crippen LogP contribution in [0.5, 0.6) is 0 Å². The molecule has 0 spiro atoms. The zero-order valence-corrected chi connectivity index (χ0v) is 11.3. The van der Waals surface area contributed by atoms with Crippen LogP contribution in [0.3, 0.4) is 0 Å². The van der Waals surface area contributed by atoms with Crippen molar-refractivity contribution in [2.45, 2.75) is 13.8 Å². The summed E-state index contributed by atoms with van der Waals surface area (Å²) < 4.78 is 4.58. The molecule has 19 heavy (non-hydrogen) atoms. The number of primary amides is 1. The van der Waals surface area contributed by atoms with Gasteiger partial charge in [-0.25, -0.2) is 9.78 Å². The fourth-order valence-corrected chi connectivity index (χ4v) is 1.58. The summed E-state index contributed by atoms with van der Waals surface area (Å²) in [6, 6.07) is 0. The van der Waals surface area contributed by atoms with Gasteiger partial charge in [-0.2, -0.15) is 0 Å². The van der Waals surface area contributed by atoms with Gasteiger partial charge in [0.1, 0.15) is 5.82 Å². The van der Waals surface area contributed by atoms with Crippen molar-refractivity contribution in [1.29, 1.82) is 0 Å². The highest BCUT2D eigenvalue weighted by Gasteiger charge is 2.15. The van der Waals surface area contributed by atoms with Gasteiger partial charge in [-0.15, -0.1) is 0 Å². The number of nitrogens with zero attached hydrogens (tertiary/aromatic N) is 3. The van der Waals surface area contributed by atoms with Gasteiger partial charge in [0.05, 0.1) is 26.0 Å². The number of anilines is 1. The second-order valence-electron chi connectivity index (χ2n) is 4.49. The van der Waals surface area contributed by atoms with Gasteiger partial charge in [0.15, 0.2) is 5.69 Å². The number of nitrogens with two attached hydrogens (primary N) is 1. The summed E-state index contributed by atoms with van der Waals surface area (Å²) in [5.74, 6) is -0.304. The average Bonchev–Trinajstić information content (AvgIpc) is 2.36. The Hall–Kier alpha value is -2.18. The van der Waals surface area contributed by atoms with Crippen LogP contribution in [0.25, 0.3) is 0 Å². The third-order valence-corrected chi connectivity index (χ3v) is 2.27. The molecule has 0 saturated heterocycles. The highest BCUT2D eigenvalue weighted by atomic mass is 16.5.